The van der Waals surface area contributed by atoms with E-state index in [-0.39, 0.29) is 11.9 Å². The number of pyridine rings is 1. The summed E-state index contributed by atoms with van der Waals surface area (Å²) in [5.41, 5.74) is 1.81. The molecule has 4 heteroatoms. The Bertz CT molecular complexity index is 516. The fourth-order valence-electron chi connectivity index (χ4n) is 1.83. The Balaban J connectivity index is 2.23. The zero-order valence-electron chi connectivity index (χ0n) is 10.0. The molecule has 1 aromatic carbocycles. The molecule has 0 aliphatic heterocycles. The lowest BCUT2D eigenvalue weighted by molar-refractivity contribution is 0.625. The van der Waals surface area contributed by atoms with Crippen molar-refractivity contribution in [1.82, 2.24) is 4.98 Å². The van der Waals surface area contributed by atoms with Crippen LogP contribution < -0.4 is 5.32 Å². The SMILES string of the molecule is CCC(Nc1cccnc1)c1ccc(F)cc1Cl. The smallest absolute Gasteiger partial charge is 0.124 e. The second-order valence-corrected chi connectivity index (χ2v) is 4.42. The van der Waals surface area contributed by atoms with Crippen molar-refractivity contribution in [3.63, 3.8) is 0 Å². The van der Waals surface area contributed by atoms with Crippen molar-refractivity contribution in [2.75, 3.05) is 5.32 Å². The molecule has 0 spiro atoms. The van der Waals surface area contributed by atoms with Crippen LogP contribution in [0.4, 0.5) is 10.1 Å². The molecule has 1 aromatic heterocycles. The molecule has 0 bridgehead atoms. The lowest BCUT2D eigenvalue weighted by Crippen LogP contribution is -2.10. The zero-order valence-corrected chi connectivity index (χ0v) is 10.8. The lowest BCUT2D eigenvalue weighted by atomic mass is 10.0. The van der Waals surface area contributed by atoms with Crippen LogP contribution in [0, 0.1) is 5.82 Å². The van der Waals surface area contributed by atoms with E-state index in [9.17, 15) is 4.39 Å². The monoisotopic (exact) mass is 264 g/mol. The van der Waals surface area contributed by atoms with Crippen molar-refractivity contribution >= 4 is 17.3 Å². The number of nitrogens with zero attached hydrogens (tertiary/aromatic N) is 1. The Morgan fingerprint density at radius 1 is 1.39 bits per heavy atom. The normalized spacial score (nSPS) is 12.2. The number of anilines is 1. The van der Waals surface area contributed by atoms with E-state index in [4.69, 9.17) is 11.6 Å². The van der Waals surface area contributed by atoms with Crippen LogP contribution in [-0.4, -0.2) is 4.98 Å². The molecule has 0 fully saturated rings. The summed E-state index contributed by atoms with van der Waals surface area (Å²) in [4.78, 5) is 4.05. The molecule has 2 nitrogen and oxygen atoms in total. The van der Waals surface area contributed by atoms with Gasteiger partial charge in [-0.1, -0.05) is 24.6 Å². The third-order valence-corrected chi connectivity index (χ3v) is 3.08. The molecule has 1 unspecified atom stereocenters. The summed E-state index contributed by atoms with van der Waals surface area (Å²) in [6, 6.07) is 8.32. The van der Waals surface area contributed by atoms with Crippen molar-refractivity contribution in [3.8, 4) is 0 Å². The predicted octanol–water partition coefficient (Wildman–Crippen LogP) is 4.44. The summed E-state index contributed by atoms with van der Waals surface area (Å²) in [6.45, 7) is 2.05. The van der Waals surface area contributed by atoms with Crippen LogP contribution >= 0.6 is 11.6 Å². The molecule has 1 atom stereocenters. The minimum absolute atomic E-state index is 0.0438. The predicted molar refractivity (Wildman–Crippen MR) is 72.3 cm³/mol. The van der Waals surface area contributed by atoms with Crippen molar-refractivity contribution in [3.05, 3.63) is 59.1 Å². The molecule has 1 heterocycles. The standard InChI is InChI=1S/C14H14ClFN2/c1-2-14(18-11-4-3-7-17-9-11)12-6-5-10(16)8-13(12)15/h3-9,14,18H,2H2,1H3. The van der Waals surface area contributed by atoms with Gasteiger partial charge in [0.1, 0.15) is 5.82 Å². The average molecular weight is 265 g/mol. The Morgan fingerprint density at radius 3 is 2.83 bits per heavy atom. The van der Waals surface area contributed by atoms with Gasteiger partial charge in [-0.2, -0.15) is 0 Å². The first-order chi connectivity index (χ1) is 8.70. The number of nitrogens with one attached hydrogen (secondary N) is 1. The van der Waals surface area contributed by atoms with E-state index < -0.39 is 0 Å². The fraction of sp³-hybridized carbons (Fsp3) is 0.214. The lowest BCUT2D eigenvalue weighted by Gasteiger charge is -2.19. The minimum atomic E-state index is -0.319. The van der Waals surface area contributed by atoms with Crippen LogP contribution in [0.15, 0.2) is 42.7 Å². The van der Waals surface area contributed by atoms with E-state index in [0.717, 1.165) is 17.7 Å². The van der Waals surface area contributed by atoms with Gasteiger partial charge < -0.3 is 5.32 Å². The van der Waals surface area contributed by atoms with Gasteiger partial charge in [-0.05, 0) is 36.2 Å². The van der Waals surface area contributed by atoms with Crippen LogP contribution in [-0.2, 0) is 0 Å². The van der Waals surface area contributed by atoms with Gasteiger partial charge in [-0.3, -0.25) is 4.98 Å². The summed E-state index contributed by atoms with van der Waals surface area (Å²) in [5.74, 6) is -0.319. The molecule has 0 aliphatic rings. The molecule has 94 valence electrons. The van der Waals surface area contributed by atoms with Gasteiger partial charge in [0.05, 0.1) is 11.7 Å². The van der Waals surface area contributed by atoms with Gasteiger partial charge in [0, 0.05) is 17.4 Å². The molecule has 0 radical (unpaired) electrons. The van der Waals surface area contributed by atoms with Crippen LogP contribution in [0.1, 0.15) is 24.9 Å². The number of aromatic nitrogens is 1. The Hall–Kier alpha value is -1.61. The number of benzene rings is 1. The molecule has 0 saturated carbocycles. The van der Waals surface area contributed by atoms with E-state index in [0.29, 0.717) is 5.02 Å². The first kappa shape index (κ1) is 12.8. The Morgan fingerprint density at radius 2 is 2.22 bits per heavy atom. The van der Waals surface area contributed by atoms with Gasteiger partial charge in [0.25, 0.3) is 0 Å². The molecule has 2 rings (SSSR count). The van der Waals surface area contributed by atoms with E-state index >= 15 is 0 Å². The molecule has 0 aliphatic carbocycles. The van der Waals surface area contributed by atoms with Crippen molar-refractivity contribution in [1.29, 1.82) is 0 Å². The highest BCUT2D eigenvalue weighted by Crippen LogP contribution is 2.28. The minimum Gasteiger partial charge on any atom is -0.377 e. The molecule has 1 N–H and O–H groups in total. The third kappa shape index (κ3) is 2.99. The quantitative estimate of drug-likeness (QED) is 0.883. The Labute approximate surface area is 111 Å². The molecular weight excluding hydrogens is 251 g/mol. The summed E-state index contributed by atoms with van der Waals surface area (Å²) in [6.07, 6.45) is 4.32. The highest BCUT2D eigenvalue weighted by Gasteiger charge is 2.13. The molecule has 18 heavy (non-hydrogen) atoms. The average Bonchev–Trinajstić information content (AvgIpc) is 2.38. The number of halogens is 2. The fourth-order valence-corrected chi connectivity index (χ4v) is 2.13. The summed E-state index contributed by atoms with van der Waals surface area (Å²) < 4.78 is 13.0. The van der Waals surface area contributed by atoms with Crippen molar-refractivity contribution in [2.24, 2.45) is 0 Å². The molecular formula is C14H14ClFN2. The van der Waals surface area contributed by atoms with Crippen molar-refractivity contribution in [2.45, 2.75) is 19.4 Å². The maximum atomic E-state index is 13.0. The Kier molecular flexibility index (Phi) is 4.15. The molecule has 2 aromatic rings. The number of hydrogen-bond donors (Lipinski definition) is 1. The number of hydrogen-bond acceptors (Lipinski definition) is 2. The largest absolute Gasteiger partial charge is 0.377 e. The second-order valence-electron chi connectivity index (χ2n) is 4.01. The van der Waals surface area contributed by atoms with E-state index in [2.05, 4.69) is 10.3 Å². The second kappa shape index (κ2) is 5.83. The maximum absolute atomic E-state index is 13.0. The zero-order chi connectivity index (χ0) is 13.0. The third-order valence-electron chi connectivity index (χ3n) is 2.75. The maximum Gasteiger partial charge on any atom is 0.124 e. The van der Waals surface area contributed by atoms with Crippen LogP contribution in [0.5, 0.6) is 0 Å². The van der Waals surface area contributed by atoms with Crippen LogP contribution in [0.3, 0.4) is 0 Å². The van der Waals surface area contributed by atoms with Gasteiger partial charge in [-0.15, -0.1) is 0 Å². The van der Waals surface area contributed by atoms with E-state index in [1.807, 2.05) is 19.1 Å². The van der Waals surface area contributed by atoms with Gasteiger partial charge in [0.15, 0.2) is 0 Å². The van der Waals surface area contributed by atoms with Crippen LogP contribution in [0.25, 0.3) is 0 Å². The number of rotatable bonds is 4. The van der Waals surface area contributed by atoms with Gasteiger partial charge in [-0.25, -0.2) is 4.39 Å². The molecule has 0 amide bonds. The van der Waals surface area contributed by atoms with Gasteiger partial charge >= 0.3 is 0 Å². The highest BCUT2D eigenvalue weighted by atomic mass is 35.5. The highest BCUT2D eigenvalue weighted by molar-refractivity contribution is 6.31. The van der Waals surface area contributed by atoms with Crippen molar-refractivity contribution < 1.29 is 4.39 Å². The topological polar surface area (TPSA) is 24.9 Å². The molecule has 0 saturated heterocycles. The summed E-state index contributed by atoms with van der Waals surface area (Å²) in [5, 5.41) is 3.78. The van der Waals surface area contributed by atoms with E-state index in [1.165, 1.54) is 12.1 Å². The summed E-state index contributed by atoms with van der Waals surface area (Å²) in [7, 11) is 0. The van der Waals surface area contributed by atoms with Gasteiger partial charge in [0.2, 0.25) is 0 Å². The van der Waals surface area contributed by atoms with E-state index in [1.54, 1.807) is 18.5 Å². The first-order valence-electron chi connectivity index (χ1n) is 5.82. The van der Waals surface area contributed by atoms with Crippen LogP contribution in [0.2, 0.25) is 5.02 Å². The summed E-state index contributed by atoms with van der Waals surface area (Å²) >= 11 is 6.07. The first-order valence-corrected chi connectivity index (χ1v) is 6.20.